The Bertz CT molecular complexity index is 704. The molecule has 0 aliphatic carbocycles. The molecule has 2 aromatic rings. The lowest BCUT2D eigenvalue weighted by atomic mass is 9.98. The van der Waals surface area contributed by atoms with Gasteiger partial charge in [-0.15, -0.1) is 0 Å². The van der Waals surface area contributed by atoms with Gasteiger partial charge in [-0.3, -0.25) is 4.90 Å². The smallest absolute Gasteiger partial charge is 0.0589 e. The molecule has 1 unspecified atom stereocenters. The monoisotopic (exact) mass is 315 g/mol. The number of hydrogen-bond donors (Lipinski definition) is 1. The van der Waals surface area contributed by atoms with Crippen LogP contribution in [0.15, 0.2) is 12.1 Å². The van der Waals surface area contributed by atoms with Crippen LogP contribution in [-0.2, 0) is 24.9 Å². The number of aromatic nitrogens is 1. The Morgan fingerprint density at radius 1 is 1.26 bits per heavy atom. The van der Waals surface area contributed by atoms with Crippen LogP contribution in [0, 0.1) is 6.92 Å². The number of rotatable bonds is 6. The molecule has 0 fully saturated rings. The van der Waals surface area contributed by atoms with Crippen LogP contribution >= 0.6 is 0 Å². The average Bonchev–Trinajstić information content (AvgIpc) is 3.03. The minimum absolute atomic E-state index is 0.132. The van der Waals surface area contributed by atoms with Gasteiger partial charge >= 0.3 is 0 Å². The second kappa shape index (κ2) is 6.63. The molecule has 0 radical (unpaired) electrons. The fourth-order valence-electron chi connectivity index (χ4n) is 3.86. The van der Waals surface area contributed by atoms with E-state index < -0.39 is 0 Å². The minimum atomic E-state index is 0.132. The Hall–Kier alpha value is -1.36. The van der Waals surface area contributed by atoms with Gasteiger partial charge in [0.25, 0.3) is 0 Å². The summed E-state index contributed by atoms with van der Waals surface area (Å²) >= 11 is 0. The average molecular weight is 315 g/mol. The Morgan fingerprint density at radius 2 is 1.96 bits per heavy atom. The van der Waals surface area contributed by atoms with E-state index in [-0.39, 0.29) is 6.04 Å². The van der Waals surface area contributed by atoms with Gasteiger partial charge in [-0.2, -0.15) is 0 Å². The van der Waals surface area contributed by atoms with Crippen molar-refractivity contribution in [1.82, 2.24) is 9.47 Å². The molecule has 3 rings (SSSR count). The third-order valence-electron chi connectivity index (χ3n) is 5.23. The zero-order chi connectivity index (χ0) is 16.6. The van der Waals surface area contributed by atoms with Gasteiger partial charge in [0.1, 0.15) is 0 Å². The molecule has 2 N–H and O–H groups in total. The molecule has 2 heterocycles. The largest absolute Gasteiger partial charge is 0.383 e. The van der Waals surface area contributed by atoms with E-state index in [1.165, 1.54) is 33.3 Å². The summed E-state index contributed by atoms with van der Waals surface area (Å²) in [5.74, 6) is 0. The number of fused-ring (bicyclic) bond motifs is 2. The lowest BCUT2D eigenvalue weighted by Crippen LogP contribution is -2.21. The first-order valence-electron chi connectivity index (χ1n) is 8.64. The van der Waals surface area contributed by atoms with Crippen molar-refractivity contribution in [3.63, 3.8) is 0 Å². The van der Waals surface area contributed by atoms with E-state index in [4.69, 9.17) is 10.5 Å². The maximum atomic E-state index is 6.48. The van der Waals surface area contributed by atoms with Crippen LogP contribution in [0.4, 0.5) is 0 Å². The molecular formula is C19H29N3O. The molecule has 0 spiro atoms. The van der Waals surface area contributed by atoms with Gasteiger partial charge in [0, 0.05) is 56.4 Å². The fraction of sp³-hybridized carbons (Fsp3) is 0.579. The van der Waals surface area contributed by atoms with Gasteiger partial charge in [-0.1, -0.05) is 13.3 Å². The van der Waals surface area contributed by atoms with Crippen LogP contribution in [0.5, 0.6) is 0 Å². The lowest BCUT2D eigenvalue weighted by Gasteiger charge is -2.13. The SMILES string of the molecule is CCCC(N)c1c(C)n(C)c2cc3c(cc12)CN(CCOC)C3. The first-order valence-corrected chi connectivity index (χ1v) is 8.64. The lowest BCUT2D eigenvalue weighted by molar-refractivity contribution is 0.147. The first-order chi connectivity index (χ1) is 11.1. The highest BCUT2D eigenvalue weighted by molar-refractivity contribution is 5.87. The maximum absolute atomic E-state index is 6.48. The zero-order valence-electron chi connectivity index (χ0n) is 14.9. The molecule has 1 aliphatic rings. The van der Waals surface area contributed by atoms with Crippen LogP contribution in [0.1, 0.15) is 48.2 Å². The van der Waals surface area contributed by atoms with Crippen molar-refractivity contribution in [3.05, 3.63) is 34.5 Å². The summed E-state index contributed by atoms with van der Waals surface area (Å²) in [5, 5.41) is 1.35. The summed E-state index contributed by atoms with van der Waals surface area (Å²) in [6, 6.07) is 4.88. The first kappa shape index (κ1) is 16.5. The minimum Gasteiger partial charge on any atom is -0.383 e. The van der Waals surface area contributed by atoms with Crippen LogP contribution < -0.4 is 5.73 Å². The number of nitrogens with two attached hydrogens (primary N) is 1. The predicted molar refractivity (Wildman–Crippen MR) is 95.5 cm³/mol. The van der Waals surface area contributed by atoms with Crippen LogP contribution in [0.2, 0.25) is 0 Å². The second-order valence-electron chi connectivity index (χ2n) is 6.79. The van der Waals surface area contributed by atoms with Crippen molar-refractivity contribution in [2.24, 2.45) is 12.8 Å². The van der Waals surface area contributed by atoms with Crippen LogP contribution in [0.25, 0.3) is 10.9 Å². The highest BCUT2D eigenvalue weighted by Crippen LogP contribution is 2.35. The zero-order valence-corrected chi connectivity index (χ0v) is 14.9. The second-order valence-corrected chi connectivity index (χ2v) is 6.79. The Kier molecular flexibility index (Phi) is 4.76. The van der Waals surface area contributed by atoms with Gasteiger partial charge in [-0.25, -0.2) is 0 Å². The number of nitrogens with zero attached hydrogens (tertiary/aromatic N) is 2. The molecule has 23 heavy (non-hydrogen) atoms. The van der Waals surface area contributed by atoms with Gasteiger partial charge in [0.05, 0.1) is 6.61 Å². The molecule has 126 valence electrons. The quantitative estimate of drug-likeness (QED) is 0.890. The summed E-state index contributed by atoms with van der Waals surface area (Å²) in [5.41, 5.74) is 13.3. The van der Waals surface area contributed by atoms with E-state index in [1.54, 1.807) is 7.11 Å². The van der Waals surface area contributed by atoms with E-state index >= 15 is 0 Å². The van der Waals surface area contributed by atoms with Gasteiger partial charge in [0.2, 0.25) is 0 Å². The number of methoxy groups -OCH3 is 1. The number of ether oxygens (including phenoxy) is 1. The van der Waals surface area contributed by atoms with Crippen molar-refractivity contribution < 1.29 is 4.74 Å². The van der Waals surface area contributed by atoms with E-state index in [0.717, 1.165) is 39.1 Å². The van der Waals surface area contributed by atoms with Gasteiger partial charge in [-0.05, 0) is 42.2 Å². The standard InChI is InChI=1S/C19H29N3O/c1-5-6-17(20)19-13(2)21(3)18-10-15-12-22(7-8-23-4)11-14(15)9-16(18)19/h9-10,17H,5-8,11-12,20H2,1-4H3. The highest BCUT2D eigenvalue weighted by atomic mass is 16.5. The molecule has 0 amide bonds. The van der Waals surface area contributed by atoms with E-state index in [1.807, 2.05) is 0 Å². The third kappa shape index (κ3) is 2.91. The summed E-state index contributed by atoms with van der Waals surface area (Å²) in [4.78, 5) is 2.45. The van der Waals surface area contributed by atoms with E-state index in [0.29, 0.717) is 0 Å². The molecule has 0 saturated carbocycles. The van der Waals surface area contributed by atoms with E-state index in [2.05, 4.69) is 42.5 Å². The topological polar surface area (TPSA) is 43.4 Å². The maximum Gasteiger partial charge on any atom is 0.0589 e. The predicted octanol–water partition coefficient (Wildman–Crippen LogP) is 3.25. The molecule has 0 bridgehead atoms. The Morgan fingerprint density at radius 3 is 2.61 bits per heavy atom. The van der Waals surface area contributed by atoms with Crippen molar-refractivity contribution in [3.8, 4) is 0 Å². The molecule has 4 heteroatoms. The molecule has 1 aromatic carbocycles. The Labute approximate surface area is 139 Å². The molecule has 1 atom stereocenters. The van der Waals surface area contributed by atoms with Crippen molar-refractivity contribution in [2.45, 2.75) is 45.8 Å². The normalized spacial score (nSPS) is 16.2. The van der Waals surface area contributed by atoms with Gasteiger partial charge < -0.3 is 15.0 Å². The summed E-state index contributed by atoms with van der Waals surface area (Å²) in [6.07, 6.45) is 2.16. The molecule has 1 aromatic heterocycles. The summed E-state index contributed by atoms with van der Waals surface area (Å²) < 4.78 is 7.52. The van der Waals surface area contributed by atoms with Gasteiger partial charge in [0.15, 0.2) is 0 Å². The fourth-order valence-corrected chi connectivity index (χ4v) is 3.86. The molecular weight excluding hydrogens is 286 g/mol. The number of aryl methyl sites for hydroxylation is 1. The summed E-state index contributed by atoms with van der Waals surface area (Å²) in [7, 11) is 3.92. The number of hydrogen-bond acceptors (Lipinski definition) is 3. The van der Waals surface area contributed by atoms with Crippen molar-refractivity contribution >= 4 is 10.9 Å². The highest BCUT2D eigenvalue weighted by Gasteiger charge is 2.23. The summed E-state index contributed by atoms with van der Waals surface area (Å²) in [6.45, 7) is 8.22. The molecule has 4 nitrogen and oxygen atoms in total. The Balaban J connectivity index is 2.00. The van der Waals surface area contributed by atoms with Crippen LogP contribution in [-0.4, -0.2) is 29.7 Å². The van der Waals surface area contributed by atoms with Crippen LogP contribution in [0.3, 0.4) is 0 Å². The van der Waals surface area contributed by atoms with Crippen molar-refractivity contribution in [1.29, 1.82) is 0 Å². The molecule has 1 aliphatic heterocycles. The number of benzene rings is 1. The molecule has 0 saturated heterocycles. The van der Waals surface area contributed by atoms with Crippen molar-refractivity contribution in [2.75, 3.05) is 20.3 Å². The third-order valence-corrected chi connectivity index (χ3v) is 5.23. The van der Waals surface area contributed by atoms with E-state index in [9.17, 15) is 0 Å².